The lowest BCUT2D eigenvalue weighted by Gasteiger charge is -2.12. The second-order valence-electron chi connectivity index (χ2n) is 5.54. The summed E-state index contributed by atoms with van der Waals surface area (Å²) in [6, 6.07) is 13.7. The average Bonchev–Trinajstić information content (AvgIpc) is 2.68. The number of aliphatic imine (C=N–C) groups is 1. The normalized spacial score (nSPS) is 11.1. The maximum absolute atomic E-state index is 5.69. The van der Waals surface area contributed by atoms with Gasteiger partial charge in [0.25, 0.3) is 0 Å². The molecule has 0 unspecified atom stereocenters. The van der Waals surface area contributed by atoms with Crippen LogP contribution in [0.1, 0.15) is 25.8 Å². The smallest absolute Gasteiger partial charge is 0.218 e. The summed E-state index contributed by atoms with van der Waals surface area (Å²) in [5.41, 5.74) is 0.971. The van der Waals surface area contributed by atoms with Crippen LogP contribution in [0.4, 0.5) is 0 Å². The van der Waals surface area contributed by atoms with Gasteiger partial charge in [0.05, 0.1) is 19.8 Å². The first-order valence-electron chi connectivity index (χ1n) is 9.10. The molecule has 1 aromatic heterocycles. The lowest BCUT2D eigenvalue weighted by atomic mass is 10.3. The van der Waals surface area contributed by atoms with E-state index < -0.39 is 0 Å². The third-order valence-corrected chi connectivity index (χ3v) is 3.51. The van der Waals surface area contributed by atoms with Crippen molar-refractivity contribution in [1.82, 2.24) is 15.6 Å². The van der Waals surface area contributed by atoms with E-state index in [1.807, 2.05) is 56.3 Å². The summed E-state index contributed by atoms with van der Waals surface area (Å²) >= 11 is 0. The van der Waals surface area contributed by atoms with E-state index in [2.05, 4.69) is 20.6 Å². The predicted octanol–water partition coefficient (Wildman–Crippen LogP) is 3.00. The van der Waals surface area contributed by atoms with Crippen molar-refractivity contribution in [1.29, 1.82) is 0 Å². The van der Waals surface area contributed by atoms with Crippen LogP contribution in [0, 0.1) is 0 Å². The van der Waals surface area contributed by atoms with Crippen LogP contribution < -0.4 is 20.1 Å². The second-order valence-corrected chi connectivity index (χ2v) is 5.54. The first-order chi connectivity index (χ1) is 12.8. The molecule has 140 valence electrons. The SMILES string of the molecule is CCNC(=NCc1cccnc1OCC)NCCCOc1ccccc1. The largest absolute Gasteiger partial charge is 0.494 e. The minimum Gasteiger partial charge on any atom is -0.494 e. The Labute approximate surface area is 155 Å². The molecule has 2 rings (SSSR count). The standard InChI is InChI=1S/C20H28N4O2/c1-3-21-20(23-14-9-15-26-18-11-6-5-7-12-18)24-16-17-10-8-13-22-19(17)25-4-2/h5-8,10-13H,3-4,9,14-16H2,1-2H3,(H2,21,23,24). The Hall–Kier alpha value is -2.76. The van der Waals surface area contributed by atoms with Gasteiger partial charge in [0, 0.05) is 24.8 Å². The fourth-order valence-corrected chi connectivity index (χ4v) is 2.30. The number of hydrogen-bond acceptors (Lipinski definition) is 4. The molecule has 2 aromatic rings. The maximum Gasteiger partial charge on any atom is 0.218 e. The highest BCUT2D eigenvalue weighted by molar-refractivity contribution is 5.79. The van der Waals surface area contributed by atoms with Crippen LogP contribution >= 0.6 is 0 Å². The van der Waals surface area contributed by atoms with E-state index in [-0.39, 0.29) is 0 Å². The monoisotopic (exact) mass is 356 g/mol. The van der Waals surface area contributed by atoms with Gasteiger partial charge in [-0.05, 0) is 38.5 Å². The molecule has 0 radical (unpaired) electrons. The van der Waals surface area contributed by atoms with Gasteiger partial charge >= 0.3 is 0 Å². The molecule has 0 aliphatic carbocycles. The molecule has 26 heavy (non-hydrogen) atoms. The highest BCUT2D eigenvalue weighted by Crippen LogP contribution is 2.15. The fourth-order valence-electron chi connectivity index (χ4n) is 2.30. The van der Waals surface area contributed by atoms with E-state index in [0.29, 0.717) is 25.6 Å². The topological polar surface area (TPSA) is 67.8 Å². The van der Waals surface area contributed by atoms with Crippen LogP contribution in [-0.4, -0.2) is 37.2 Å². The Kier molecular flexibility index (Phi) is 8.83. The summed E-state index contributed by atoms with van der Waals surface area (Å²) < 4.78 is 11.2. The number of rotatable bonds is 10. The zero-order chi connectivity index (χ0) is 18.5. The Morgan fingerprint density at radius 3 is 2.65 bits per heavy atom. The summed E-state index contributed by atoms with van der Waals surface area (Å²) in [6.07, 6.45) is 2.62. The molecule has 0 aliphatic rings. The van der Waals surface area contributed by atoms with Gasteiger partial charge in [0.1, 0.15) is 5.75 Å². The summed E-state index contributed by atoms with van der Waals surface area (Å²) in [7, 11) is 0. The number of ether oxygens (including phenoxy) is 2. The highest BCUT2D eigenvalue weighted by Gasteiger charge is 2.04. The lowest BCUT2D eigenvalue weighted by Crippen LogP contribution is -2.38. The minimum atomic E-state index is 0.513. The van der Waals surface area contributed by atoms with E-state index >= 15 is 0 Å². The van der Waals surface area contributed by atoms with Crippen molar-refractivity contribution in [2.75, 3.05) is 26.3 Å². The van der Waals surface area contributed by atoms with Crippen LogP contribution in [0.25, 0.3) is 0 Å². The predicted molar refractivity (Wildman–Crippen MR) is 105 cm³/mol. The van der Waals surface area contributed by atoms with Gasteiger partial charge in [-0.25, -0.2) is 9.98 Å². The van der Waals surface area contributed by atoms with E-state index in [1.165, 1.54) is 0 Å². The summed E-state index contributed by atoms with van der Waals surface area (Å²) in [5.74, 6) is 2.32. The Morgan fingerprint density at radius 2 is 1.88 bits per heavy atom. The second kappa shape index (κ2) is 11.7. The van der Waals surface area contributed by atoms with Crippen molar-refractivity contribution in [3.05, 3.63) is 54.2 Å². The molecule has 0 spiro atoms. The molecule has 0 amide bonds. The molecule has 0 saturated carbocycles. The number of hydrogen-bond donors (Lipinski definition) is 2. The Bertz CT molecular complexity index is 662. The molecule has 0 aliphatic heterocycles. The van der Waals surface area contributed by atoms with Gasteiger partial charge < -0.3 is 20.1 Å². The molecule has 0 fully saturated rings. The van der Waals surface area contributed by atoms with Crippen molar-refractivity contribution < 1.29 is 9.47 Å². The van der Waals surface area contributed by atoms with E-state index in [0.717, 1.165) is 36.8 Å². The summed E-state index contributed by atoms with van der Waals surface area (Å²) in [5, 5.41) is 6.58. The Morgan fingerprint density at radius 1 is 1.04 bits per heavy atom. The van der Waals surface area contributed by atoms with Crippen LogP contribution in [-0.2, 0) is 6.54 Å². The highest BCUT2D eigenvalue weighted by atomic mass is 16.5. The molecule has 0 bridgehead atoms. The third-order valence-electron chi connectivity index (χ3n) is 3.51. The molecule has 2 N–H and O–H groups in total. The van der Waals surface area contributed by atoms with Gasteiger partial charge in [-0.15, -0.1) is 0 Å². The zero-order valence-electron chi connectivity index (χ0n) is 15.6. The van der Waals surface area contributed by atoms with Gasteiger partial charge in [0.2, 0.25) is 5.88 Å². The lowest BCUT2D eigenvalue weighted by molar-refractivity contribution is 0.311. The fraction of sp³-hybridized carbons (Fsp3) is 0.400. The first kappa shape index (κ1) is 19.6. The van der Waals surface area contributed by atoms with Crippen LogP contribution in [0.2, 0.25) is 0 Å². The number of nitrogens with zero attached hydrogens (tertiary/aromatic N) is 2. The van der Waals surface area contributed by atoms with E-state index in [9.17, 15) is 0 Å². The molecular formula is C20H28N4O2. The number of aromatic nitrogens is 1. The molecular weight excluding hydrogens is 328 g/mol. The number of para-hydroxylation sites is 1. The summed E-state index contributed by atoms with van der Waals surface area (Å²) in [6.45, 7) is 7.35. The molecule has 1 heterocycles. The van der Waals surface area contributed by atoms with Crippen LogP contribution in [0.15, 0.2) is 53.7 Å². The maximum atomic E-state index is 5.69. The van der Waals surface area contributed by atoms with E-state index in [1.54, 1.807) is 6.20 Å². The third kappa shape index (κ3) is 7.01. The molecule has 0 atom stereocenters. The quantitative estimate of drug-likeness (QED) is 0.389. The van der Waals surface area contributed by atoms with Gasteiger partial charge in [-0.1, -0.05) is 24.3 Å². The van der Waals surface area contributed by atoms with E-state index in [4.69, 9.17) is 9.47 Å². The number of nitrogens with one attached hydrogen (secondary N) is 2. The zero-order valence-corrected chi connectivity index (χ0v) is 15.6. The molecule has 6 heteroatoms. The number of benzene rings is 1. The van der Waals surface area contributed by atoms with Crippen molar-refractivity contribution in [3.63, 3.8) is 0 Å². The average molecular weight is 356 g/mol. The molecule has 6 nitrogen and oxygen atoms in total. The van der Waals surface area contributed by atoms with Gasteiger partial charge in [-0.2, -0.15) is 0 Å². The van der Waals surface area contributed by atoms with Crippen LogP contribution in [0.5, 0.6) is 11.6 Å². The molecule has 0 saturated heterocycles. The van der Waals surface area contributed by atoms with Crippen molar-refractivity contribution in [2.24, 2.45) is 4.99 Å². The minimum absolute atomic E-state index is 0.513. The van der Waals surface area contributed by atoms with Gasteiger partial charge in [0.15, 0.2) is 5.96 Å². The van der Waals surface area contributed by atoms with Crippen molar-refractivity contribution >= 4 is 5.96 Å². The van der Waals surface area contributed by atoms with Gasteiger partial charge in [-0.3, -0.25) is 0 Å². The Balaban J connectivity index is 1.79. The number of pyridine rings is 1. The van der Waals surface area contributed by atoms with Crippen molar-refractivity contribution in [3.8, 4) is 11.6 Å². The van der Waals surface area contributed by atoms with Crippen LogP contribution in [0.3, 0.4) is 0 Å². The first-order valence-corrected chi connectivity index (χ1v) is 9.10. The molecule has 1 aromatic carbocycles. The number of guanidine groups is 1. The van der Waals surface area contributed by atoms with Crippen molar-refractivity contribution in [2.45, 2.75) is 26.8 Å². The summed E-state index contributed by atoms with van der Waals surface area (Å²) in [4.78, 5) is 8.87.